The third-order valence-corrected chi connectivity index (χ3v) is 6.48. The number of fused-ring (bicyclic) bond motifs is 2. The number of hydrogen-bond acceptors (Lipinski definition) is 4. The molecule has 3 rings (SSSR count). The molecule has 27 heavy (non-hydrogen) atoms. The maximum Gasteiger partial charge on any atom is 0.303 e. The summed E-state index contributed by atoms with van der Waals surface area (Å²) < 4.78 is 11.9. The molecule has 0 aliphatic carbocycles. The van der Waals surface area contributed by atoms with Crippen LogP contribution in [0.5, 0.6) is 5.75 Å². The summed E-state index contributed by atoms with van der Waals surface area (Å²) >= 11 is 1.96. The van der Waals surface area contributed by atoms with Gasteiger partial charge in [0.1, 0.15) is 5.75 Å². The molecule has 2 fully saturated rings. The fraction of sp³-hybridized carbons (Fsp3) is 0.591. The highest BCUT2D eigenvalue weighted by Crippen LogP contribution is 2.45. The zero-order chi connectivity index (χ0) is 18.9. The first-order chi connectivity index (χ1) is 13.2. The first-order valence-electron chi connectivity index (χ1n) is 10.0. The highest BCUT2D eigenvalue weighted by molar-refractivity contribution is 7.99. The predicted molar refractivity (Wildman–Crippen MR) is 109 cm³/mol. The summed E-state index contributed by atoms with van der Waals surface area (Å²) in [5.74, 6) is 3.47. The van der Waals surface area contributed by atoms with Gasteiger partial charge in [-0.1, -0.05) is 30.4 Å². The standard InChI is InChI=1S/C22H30O4S/c23-22(24)11-7-2-1-6-10-18-19(21-13-12-20(18)26-21)16-27-15-14-25-17-8-4-3-5-9-17/h3-6,8-10,18-21H,1-2,7,11-16H2,(H,23,24)/t18-,19+,20-,21+/m0/s1. The van der Waals surface area contributed by atoms with Gasteiger partial charge in [0.15, 0.2) is 0 Å². The zero-order valence-electron chi connectivity index (χ0n) is 15.8. The second-order valence-corrected chi connectivity index (χ2v) is 8.49. The normalized spacial score (nSPS) is 26.7. The van der Waals surface area contributed by atoms with Gasteiger partial charge < -0.3 is 14.6 Å². The number of carboxylic acid groups (broad SMARTS) is 1. The lowest BCUT2D eigenvalue weighted by Gasteiger charge is -2.25. The van der Waals surface area contributed by atoms with Crippen LogP contribution in [0.15, 0.2) is 42.5 Å². The van der Waals surface area contributed by atoms with Crippen molar-refractivity contribution < 1.29 is 19.4 Å². The Kier molecular flexibility index (Phi) is 8.09. The largest absolute Gasteiger partial charge is 0.493 e. The molecule has 0 spiro atoms. The third-order valence-electron chi connectivity index (χ3n) is 5.41. The van der Waals surface area contributed by atoms with Crippen molar-refractivity contribution in [2.45, 2.75) is 50.7 Å². The average Bonchev–Trinajstić information content (AvgIpc) is 3.27. The molecule has 148 valence electrons. The fourth-order valence-electron chi connectivity index (χ4n) is 4.04. The van der Waals surface area contributed by atoms with E-state index >= 15 is 0 Å². The molecule has 2 heterocycles. The molecule has 5 heteroatoms. The van der Waals surface area contributed by atoms with E-state index in [0.29, 0.717) is 24.0 Å². The molecule has 0 amide bonds. The molecule has 4 atom stereocenters. The van der Waals surface area contributed by atoms with Crippen LogP contribution in [0.4, 0.5) is 0 Å². The topological polar surface area (TPSA) is 55.8 Å². The first-order valence-corrected chi connectivity index (χ1v) is 11.2. The van der Waals surface area contributed by atoms with Crippen molar-refractivity contribution in [3.63, 3.8) is 0 Å². The van der Waals surface area contributed by atoms with Crippen molar-refractivity contribution in [3.8, 4) is 5.75 Å². The molecule has 4 nitrogen and oxygen atoms in total. The Balaban J connectivity index is 1.35. The summed E-state index contributed by atoms with van der Waals surface area (Å²) in [5, 5.41) is 8.69. The Morgan fingerprint density at radius 1 is 1.22 bits per heavy atom. The number of carboxylic acids is 1. The number of unbranched alkanes of at least 4 members (excludes halogenated alkanes) is 2. The Hall–Kier alpha value is -1.46. The fourth-order valence-corrected chi connectivity index (χ4v) is 5.12. The number of hydrogen-bond donors (Lipinski definition) is 1. The van der Waals surface area contributed by atoms with Gasteiger partial charge in [0.25, 0.3) is 0 Å². The SMILES string of the molecule is O=C(O)CCCCC=C[C@H]1[C@@H](CSCCOc2ccccc2)[C@H]2CC[C@@H]1O2. The second-order valence-electron chi connectivity index (χ2n) is 7.34. The molecule has 2 aliphatic heterocycles. The van der Waals surface area contributed by atoms with E-state index in [2.05, 4.69) is 12.2 Å². The van der Waals surface area contributed by atoms with Crippen molar-refractivity contribution in [3.05, 3.63) is 42.5 Å². The summed E-state index contributed by atoms with van der Waals surface area (Å²) in [7, 11) is 0. The maximum atomic E-state index is 10.6. The number of ether oxygens (including phenoxy) is 2. The van der Waals surface area contributed by atoms with Crippen molar-refractivity contribution in [1.82, 2.24) is 0 Å². The minimum Gasteiger partial charge on any atom is -0.493 e. The molecule has 0 saturated carbocycles. The summed E-state index contributed by atoms with van der Waals surface area (Å²) in [6.45, 7) is 0.737. The minimum absolute atomic E-state index is 0.273. The van der Waals surface area contributed by atoms with Crippen LogP contribution < -0.4 is 4.74 Å². The van der Waals surface area contributed by atoms with Gasteiger partial charge in [0.05, 0.1) is 18.8 Å². The Bertz CT molecular complexity index is 604. The van der Waals surface area contributed by atoms with Crippen molar-refractivity contribution in [2.24, 2.45) is 11.8 Å². The second kappa shape index (κ2) is 10.8. The van der Waals surface area contributed by atoms with E-state index in [9.17, 15) is 4.79 Å². The van der Waals surface area contributed by atoms with Crippen LogP contribution in [0, 0.1) is 11.8 Å². The van der Waals surface area contributed by atoms with E-state index < -0.39 is 5.97 Å². The van der Waals surface area contributed by atoms with Gasteiger partial charge in [-0.25, -0.2) is 0 Å². The quantitative estimate of drug-likeness (QED) is 0.411. The monoisotopic (exact) mass is 390 g/mol. The Morgan fingerprint density at radius 2 is 2.04 bits per heavy atom. The smallest absolute Gasteiger partial charge is 0.303 e. The van der Waals surface area contributed by atoms with E-state index in [0.717, 1.165) is 43.1 Å². The number of allylic oxidation sites excluding steroid dienone is 1. The van der Waals surface area contributed by atoms with E-state index in [-0.39, 0.29) is 6.42 Å². The molecule has 2 saturated heterocycles. The van der Waals surface area contributed by atoms with Crippen LogP contribution in [0.2, 0.25) is 0 Å². The minimum atomic E-state index is -0.700. The van der Waals surface area contributed by atoms with E-state index in [1.54, 1.807) is 0 Å². The van der Waals surface area contributed by atoms with Gasteiger partial charge in [0.2, 0.25) is 0 Å². The average molecular weight is 391 g/mol. The predicted octanol–water partition coefficient (Wildman–Crippen LogP) is 4.79. The van der Waals surface area contributed by atoms with Crippen molar-refractivity contribution >= 4 is 17.7 Å². The molecule has 2 bridgehead atoms. The van der Waals surface area contributed by atoms with E-state index in [1.807, 2.05) is 42.1 Å². The maximum absolute atomic E-state index is 10.6. The molecule has 2 aliphatic rings. The summed E-state index contributed by atoms with van der Waals surface area (Å²) in [6, 6.07) is 9.97. The van der Waals surface area contributed by atoms with E-state index in [1.165, 1.54) is 12.8 Å². The van der Waals surface area contributed by atoms with E-state index in [4.69, 9.17) is 14.6 Å². The summed E-state index contributed by atoms with van der Waals surface area (Å²) in [4.78, 5) is 10.6. The van der Waals surface area contributed by atoms with Crippen molar-refractivity contribution in [1.29, 1.82) is 0 Å². The van der Waals surface area contributed by atoms with Crippen LogP contribution in [0.1, 0.15) is 38.5 Å². The lowest BCUT2D eigenvalue weighted by atomic mass is 9.80. The number of thioether (sulfide) groups is 1. The molecule has 1 aromatic carbocycles. The molecule has 1 aromatic rings. The van der Waals surface area contributed by atoms with Gasteiger partial charge in [-0.3, -0.25) is 4.79 Å². The Labute approximate surface area is 166 Å². The van der Waals surface area contributed by atoms with Gasteiger partial charge in [-0.2, -0.15) is 11.8 Å². The van der Waals surface area contributed by atoms with Gasteiger partial charge in [-0.15, -0.1) is 0 Å². The van der Waals surface area contributed by atoms with Crippen LogP contribution in [-0.4, -0.2) is 41.4 Å². The van der Waals surface area contributed by atoms with Gasteiger partial charge >= 0.3 is 5.97 Å². The molecular formula is C22H30O4S. The lowest BCUT2D eigenvalue weighted by Crippen LogP contribution is -2.27. The highest BCUT2D eigenvalue weighted by Gasteiger charge is 2.47. The van der Waals surface area contributed by atoms with Crippen LogP contribution in [0.25, 0.3) is 0 Å². The number of para-hydroxylation sites is 1. The summed E-state index contributed by atoms with van der Waals surface area (Å²) in [5.41, 5.74) is 0. The number of benzene rings is 1. The van der Waals surface area contributed by atoms with Gasteiger partial charge in [-0.05, 0) is 50.0 Å². The third kappa shape index (κ3) is 6.28. The number of rotatable bonds is 12. The molecule has 0 radical (unpaired) electrons. The van der Waals surface area contributed by atoms with Crippen LogP contribution in [0.3, 0.4) is 0 Å². The molecular weight excluding hydrogens is 360 g/mol. The summed E-state index contributed by atoms with van der Waals surface area (Å²) in [6.07, 6.45) is 10.7. The number of aliphatic carboxylic acids is 1. The molecule has 0 aromatic heterocycles. The lowest BCUT2D eigenvalue weighted by molar-refractivity contribution is -0.137. The van der Waals surface area contributed by atoms with Crippen LogP contribution >= 0.6 is 11.8 Å². The first kappa shape index (κ1) is 20.3. The zero-order valence-corrected chi connectivity index (χ0v) is 16.6. The molecule has 0 unspecified atom stereocenters. The molecule has 1 N–H and O–H groups in total. The van der Waals surface area contributed by atoms with Gasteiger partial charge in [0, 0.05) is 24.0 Å². The van der Waals surface area contributed by atoms with Crippen LogP contribution in [-0.2, 0) is 9.53 Å². The Morgan fingerprint density at radius 3 is 2.85 bits per heavy atom. The highest BCUT2D eigenvalue weighted by atomic mass is 32.2. The van der Waals surface area contributed by atoms with Crippen molar-refractivity contribution in [2.75, 3.05) is 18.1 Å². The number of carbonyl (C=O) groups is 1.